The van der Waals surface area contributed by atoms with Crippen LogP contribution in [0.3, 0.4) is 0 Å². The molecular formula is C20H27N2O4-. The largest absolute Gasteiger partial charge is 0.548 e. The van der Waals surface area contributed by atoms with E-state index in [9.17, 15) is 19.5 Å². The second-order valence-corrected chi connectivity index (χ2v) is 6.83. The average Bonchev–Trinajstić information content (AvgIpc) is 2.67. The van der Waals surface area contributed by atoms with Crippen LogP contribution in [0.4, 0.5) is 0 Å². The summed E-state index contributed by atoms with van der Waals surface area (Å²) in [5.74, 6) is -1.64. The summed E-state index contributed by atoms with van der Waals surface area (Å²) in [5, 5.41) is 16.7. The predicted molar refractivity (Wildman–Crippen MR) is 96.1 cm³/mol. The Morgan fingerprint density at radius 3 is 2.38 bits per heavy atom. The smallest absolute Gasteiger partial charge is 0.251 e. The van der Waals surface area contributed by atoms with Gasteiger partial charge in [-0.15, -0.1) is 0 Å². The van der Waals surface area contributed by atoms with Gasteiger partial charge in [0, 0.05) is 18.0 Å². The zero-order valence-electron chi connectivity index (χ0n) is 15.0. The van der Waals surface area contributed by atoms with E-state index in [-0.39, 0.29) is 17.7 Å². The van der Waals surface area contributed by atoms with Crippen molar-refractivity contribution in [3.8, 4) is 0 Å². The molecule has 1 aromatic rings. The molecule has 0 aliphatic heterocycles. The Morgan fingerprint density at radius 2 is 1.73 bits per heavy atom. The lowest BCUT2D eigenvalue weighted by molar-refractivity contribution is -0.308. The standard InChI is InChI=1S/C20H28N2O4/c23-18(15-9-3-1-4-10-15)21-14-8-7-13-17(20(25)26)22-19(24)16-11-5-2-6-12-16/h1,3-4,9-10,16-17H,2,5-8,11-14H2,(H,21,23)(H,22,24)(H,25,26)/p-1/t17-/m0/s1. The number of carbonyl (C=O) groups is 3. The van der Waals surface area contributed by atoms with E-state index in [4.69, 9.17) is 0 Å². The van der Waals surface area contributed by atoms with Crippen LogP contribution in [0.1, 0.15) is 61.7 Å². The first-order chi connectivity index (χ1) is 12.6. The van der Waals surface area contributed by atoms with Crippen LogP contribution >= 0.6 is 0 Å². The minimum absolute atomic E-state index is 0.0734. The molecule has 0 saturated heterocycles. The molecule has 1 saturated carbocycles. The highest BCUT2D eigenvalue weighted by atomic mass is 16.4. The number of carbonyl (C=O) groups excluding carboxylic acids is 3. The molecule has 0 unspecified atom stereocenters. The van der Waals surface area contributed by atoms with Crippen molar-refractivity contribution < 1.29 is 19.5 Å². The molecule has 6 heteroatoms. The molecule has 1 aliphatic carbocycles. The number of amides is 2. The first-order valence-corrected chi connectivity index (χ1v) is 9.42. The maximum absolute atomic E-state index is 12.2. The van der Waals surface area contributed by atoms with Crippen molar-refractivity contribution in [2.24, 2.45) is 5.92 Å². The van der Waals surface area contributed by atoms with E-state index in [0.717, 1.165) is 32.1 Å². The molecule has 1 atom stereocenters. The average molecular weight is 359 g/mol. The molecular weight excluding hydrogens is 332 g/mol. The number of benzene rings is 1. The summed E-state index contributed by atoms with van der Waals surface area (Å²) < 4.78 is 0. The normalized spacial score (nSPS) is 15.8. The Hall–Kier alpha value is -2.37. The van der Waals surface area contributed by atoms with Crippen molar-refractivity contribution in [1.82, 2.24) is 10.6 Å². The molecule has 0 aromatic heterocycles. The molecule has 2 rings (SSSR count). The molecule has 2 N–H and O–H groups in total. The first kappa shape index (κ1) is 19.9. The quantitative estimate of drug-likeness (QED) is 0.651. The SMILES string of the molecule is O=C(NCCCC[C@H](NC(=O)C1CCCCC1)C(=O)[O-])c1ccccc1. The van der Waals surface area contributed by atoms with E-state index in [1.807, 2.05) is 6.07 Å². The number of unbranched alkanes of at least 4 members (excludes halogenated alkanes) is 1. The minimum atomic E-state index is -1.25. The maximum Gasteiger partial charge on any atom is 0.251 e. The van der Waals surface area contributed by atoms with Crippen molar-refractivity contribution in [2.45, 2.75) is 57.4 Å². The summed E-state index contributed by atoms with van der Waals surface area (Å²) in [5.41, 5.74) is 0.597. The van der Waals surface area contributed by atoms with Gasteiger partial charge in [-0.1, -0.05) is 37.5 Å². The van der Waals surface area contributed by atoms with E-state index in [1.165, 1.54) is 0 Å². The fourth-order valence-corrected chi connectivity index (χ4v) is 3.27. The van der Waals surface area contributed by atoms with Gasteiger partial charge in [0.05, 0.1) is 12.0 Å². The molecule has 0 heterocycles. The Balaban J connectivity index is 1.67. The summed E-state index contributed by atoms with van der Waals surface area (Å²) in [4.78, 5) is 35.4. The molecule has 0 bridgehead atoms. The summed E-state index contributed by atoms with van der Waals surface area (Å²) >= 11 is 0. The Labute approximate surface area is 154 Å². The Bertz CT molecular complexity index is 597. The number of aliphatic carboxylic acids is 1. The van der Waals surface area contributed by atoms with Gasteiger partial charge in [-0.25, -0.2) is 0 Å². The van der Waals surface area contributed by atoms with Crippen LogP contribution in [0.25, 0.3) is 0 Å². The highest BCUT2D eigenvalue weighted by molar-refractivity contribution is 5.94. The van der Waals surface area contributed by atoms with E-state index in [2.05, 4.69) is 10.6 Å². The third kappa shape index (κ3) is 6.50. The molecule has 1 fully saturated rings. The molecule has 2 amide bonds. The lowest BCUT2D eigenvalue weighted by Gasteiger charge is -2.25. The van der Waals surface area contributed by atoms with Crippen LogP contribution in [0, 0.1) is 5.92 Å². The number of hydrogen-bond donors (Lipinski definition) is 2. The molecule has 0 radical (unpaired) electrons. The van der Waals surface area contributed by atoms with Gasteiger partial charge in [0.15, 0.2) is 0 Å². The van der Waals surface area contributed by atoms with Crippen LogP contribution in [-0.4, -0.2) is 30.4 Å². The summed E-state index contributed by atoms with van der Waals surface area (Å²) in [6.07, 6.45) is 6.38. The van der Waals surface area contributed by atoms with Gasteiger partial charge in [-0.2, -0.15) is 0 Å². The Kier molecular flexibility index (Phi) is 8.12. The maximum atomic E-state index is 12.2. The minimum Gasteiger partial charge on any atom is -0.548 e. The van der Waals surface area contributed by atoms with Gasteiger partial charge in [-0.05, 0) is 44.2 Å². The number of hydrogen-bond acceptors (Lipinski definition) is 4. The van der Waals surface area contributed by atoms with E-state index >= 15 is 0 Å². The van der Waals surface area contributed by atoms with Crippen molar-refractivity contribution in [3.05, 3.63) is 35.9 Å². The number of carboxylic acid groups (broad SMARTS) is 1. The van der Waals surface area contributed by atoms with E-state index < -0.39 is 12.0 Å². The summed E-state index contributed by atoms with van der Waals surface area (Å²) in [6, 6.07) is 7.96. The van der Waals surface area contributed by atoms with Crippen molar-refractivity contribution in [2.75, 3.05) is 6.54 Å². The first-order valence-electron chi connectivity index (χ1n) is 9.42. The van der Waals surface area contributed by atoms with Crippen LogP contribution < -0.4 is 15.7 Å². The number of carboxylic acids is 1. The van der Waals surface area contributed by atoms with Crippen molar-refractivity contribution in [3.63, 3.8) is 0 Å². The second-order valence-electron chi connectivity index (χ2n) is 6.83. The summed E-state index contributed by atoms with van der Waals surface area (Å²) in [6.45, 7) is 0.462. The van der Waals surface area contributed by atoms with Gasteiger partial charge < -0.3 is 20.5 Å². The van der Waals surface area contributed by atoms with Gasteiger partial charge in [0.2, 0.25) is 5.91 Å². The third-order valence-electron chi connectivity index (χ3n) is 4.82. The zero-order valence-corrected chi connectivity index (χ0v) is 15.0. The van der Waals surface area contributed by atoms with Crippen molar-refractivity contribution >= 4 is 17.8 Å². The van der Waals surface area contributed by atoms with Crippen LogP contribution in [0.5, 0.6) is 0 Å². The molecule has 6 nitrogen and oxygen atoms in total. The van der Waals surface area contributed by atoms with Gasteiger partial charge in [0.25, 0.3) is 5.91 Å². The van der Waals surface area contributed by atoms with Gasteiger partial charge in [0.1, 0.15) is 0 Å². The molecule has 142 valence electrons. The lowest BCUT2D eigenvalue weighted by Crippen LogP contribution is -2.49. The fourth-order valence-electron chi connectivity index (χ4n) is 3.27. The van der Waals surface area contributed by atoms with Crippen LogP contribution in [0.2, 0.25) is 0 Å². The lowest BCUT2D eigenvalue weighted by atomic mass is 9.88. The second kappa shape index (κ2) is 10.6. The highest BCUT2D eigenvalue weighted by Crippen LogP contribution is 2.23. The summed E-state index contributed by atoms with van der Waals surface area (Å²) in [7, 11) is 0. The van der Waals surface area contributed by atoms with E-state index in [1.54, 1.807) is 24.3 Å². The molecule has 1 aromatic carbocycles. The highest BCUT2D eigenvalue weighted by Gasteiger charge is 2.23. The van der Waals surface area contributed by atoms with Crippen molar-refractivity contribution in [1.29, 1.82) is 0 Å². The zero-order chi connectivity index (χ0) is 18.8. The Morgan fingerprint density at radius 1 is 1.04 bits per heavy atom. The number of nitrogens with one attached hydrogen (secondary N) is 2. The third-order valence-corrected chi connectivity index (χ3v) is 4.82. The fraction of sp³-hybridized carbons (Fsp3) is 0.550. The predicted octanol–water partition coefficient (Wildman–Crippen LogP) is 1.40. The van der Waals surface area contributed by atoms with Gasteiger partial charge >= 0.3 is 0 Å². The van der Waals surface area contributed by atoms with E-state index in [0.29, 0.717) is 31.4 Å². The monoisotopic (exact) mass is 359 g/mol. The molecule has 26 heavy (non-hydrogen) atoms. The number of rotatable bonds is 9. The van der Waals surface area contributed by atoms with Crippen LogP contribution in [-0.2, 0) is 9.59 Å². The van der Waals surface area contributed by atoms with Gasteiger partial charge in [-0.3, -0.25) is 9.59 Å². The topological polar surface area (TPSA) is 98.3 Å². The molecule has 1 aliphatic rings. The van der Waals surface area contributed by atoms with Crippen LogP contribution in [0.15, 0.2) is 30.3 Å². The molecule has 0 spiro atoms.